The maximum Gasteiger partial charge on any atom is 0.169 e. The molecule has 0 aliphatic rings. The molecule has 1 aromatic carbocycles. The van der Waals surface area contributed by atoms with Crippen molar-refractivity contribution in [3.05, 3.63) is 34.7 Å². The fourth-order valence-electron chi connectivity index (χ4n) is 1.29. The van der Waals surface area contributed by atoms with Gasteiger partial charge in [0.2, 0.25) is 0 Å². The van der Waals surface area contributed by atoms with E-state index in [1.54, 1.807) is 0 Å². The third-order valence-electron chi connectivity index (χ3n) is 2.21. The zero-order valence-corrected chi connectivity index (χ0v) is 10.1. The summed E-state index contributed by atoms with van der Waals surface area (Å²) in [6.45, 7) is 2.86. The Morgan fingerprint density at radius 3 is 2.62 bits per heavy atom. The summed E-state index contributed by atoms with van der Waals surface area (Å²) >= 11 is 5.63. The van der Waals surface area contributed by atoms with Crippen molar-refractivity contribution in [2.45, 2.75) is 31.7 Å². The summed E-state index contributed by atoms with van der Waals surface area (Å²) in [5.41, 5.74) is 0.300. The van der Waals surface area contributed by atoms with E-state index in [-0.39, 0.29) is 0 Å². The Hall–Kier alpha value is -1.09. The first-order valence-electron chi connectivity index (χ1n) is 5.44. The number of rotatable bonds is 7. The molecule has 3 nitrogen and oxygen atoms in total. The minimum Gasteiger partial charge on any atom is -0.494 e. The molecule has 0 aromatic heterocycles. The molecule has 0 aliphatic heterocycles. The Morgan fingerprint density at radius 2 is 2.06 bits per heavy atom. The Kier molecular flexibility index (Phi) is 5.86. The van der Waals surface area contributed by atoms with Crippen molar-refractivity contribution in [1.29, 1.82) is 0 Å². The Balaban J connectivity index is 2.44. The van der Waals surface area contributed by atoms with E-state index in [0.717, 1.165) is 30.8 Å². The lowest BCUT2D eigenvalue weighted by Crippen LogP contribution is -1.99. The summed E-state index contributed by atoms with van der Waals surface area (Å²) in [7, 11) is 0. The predicted molar refractivity (Wildman–Crippen MR) is 66.0 cm³/mol. The molecule has 1 atom stereocenters. The van der Waals surface area contributed by atoms with E-state index in [4.69, 9.17) is 16.3 Å². The van der Waals surface area contributed by atoms with Gasteiger partial charge in [-0.05, 0) is 29.3 Å². The van der Waals surface area contributed by atoms with Crippen LogP contribution in [0.4, 0.5) is 0 Å². The molecule has 1 rings (SSSR count). The molecule has 1 unspecified atom stereocenters. The third kappa shape index (κ3) is 4.62. The summed E-state index contributed by atoms with van der Waals surface area (Å²) in [4.78, 5) is 10.1. The molecule has 0 saturated heterocycles. The van der Waals surface area contributed by atoms with Crippen LogP contribution in [0.5, 0.6) is 5.75 Å². The van der Waals surface area contributed by atoms with Crippen LogP contribution in [-0.2, 0) is 6.42 Å². The molecule has 0 amide bonds. The number of hydrogen-bond acceptors (Lipinski definition) is 3. The van der Waals surface area contributed by atoms with Crippen molar-refractivity contribution in [3.8, 4) is 5.75 Å². The first-order valence-corrected chi connectivity index (χ1v) is 5.88. The van der Waals surface area contributed by atoms with Gasteiger partial charge >= 0.3 is 0 Å². The van der Waals surface area contributed by atoms with Crippen LogP contribution in [0.3, 0.4) is 0 Å². The Labute approximate surface area is 101 Å². The van der Waals surface area contributed by atoms with Crippen molar-refractivity contribution in [3.63, 3.8) is 0 Å². The number of halogens is 1. The minimum absolute atomic E-state index is 0.459. The van der Waals surface area contributed by atoms with E-state index >= 15 is 0 Å². The standard InChI is InChI=1S/C12H16ClNO2/c1-2-3-8-16-11-6-4-10(5-7-11)9-12(13)14-15/h4-7,12H,2-3,8-9H2,1H3. The van der Waals surface area contributed by atoms with Crippen molar-refractivity contribution in [2.75, 3.05) is 6.61 Å². The zero-order valence-electron chi connectivity index (χ0n) is 9.36. The molecule has 4 heteroatoms. The number of ether oxygens (including phenoxy) is 1. The van der Waals surface area contributed by atoms with Gasteiger partial charge in [-0.15, -0.1) is 4.91 Å². The van der Waals surface area contributed by atoms with Gasteiger partial charge in [-0.3, -0.25) is 0 Å². The highest BCUT2D eigenvalue weighted by Gasteiger charge is 2.04. The molecule has 0 bridgehead atoms. The third-order valence-corrected chi connectivity index (χ3v) is 2.44. The van der Waals surface area contributed by atoms with Gasteiger partial charge in [-0.2, -0.15) is 0 Å². The quantitative estimate of drug-likeness (QED) is 0.316. The van der Waals surface area contributed by atoms with Crippen molar-refractivity contribution in [1.82, 2.24) is 0 Å². The van der Waals surface area contributed by atoms with E-state index in [1.165, 1.54) is 0 Å². The lowest BCUT2D eigenvalue weighted by atomic mass is 10.1. The molecule has 1 aromatic rings. The Morgan fingerprint density at radius 1 is 1.38 bits per heavy atom. The molecule has 0 N–H and O–H groups in total. The molecule has 0 saturated carbocycles. The van der Waals surface area contributed by atoms with Gasteiger partial charge in [-0.1, -0.05) is 37.1 Å². The summed E-state index contributed by atoms with van der Waals surface area (Å²) in [5, 5.41) is 2.75. The van der Waals surface area contributed by atoms with Gasteiger partial charge in [0, 0.05) is 6.42 Å². The number of benzene rings is 1. The van der Waals surface area contributed by atoms with Crippen LogP contribution in [0.1, 0.15) is 25.3 Å². The number of hydrogen-bond donors (Lipinski definition) is 0. The number of alkyl halides is 1. The second-order valence-corrected chi connectivity index (χ2v) is 4.09. The topological polar surface area (TPSA) is 38.7 Å². The smallest absolute Gasteiger partial charge is 0.169 e. The lowest BCUT2D eigenvalue weighted by molar-refractivity contribution is 0.309. The zero-order chi connectivity index (χ0) is 11.8. The highest BCUT2D eigenvalue weighted by atomic mass is 35.5. The second kappa shape index (κ2) is 7.23. The fourth-order valence-corrected chi connectivity index (χ4v) is 1.47. The van der Waals surface area contributed by atoms with E-state index in [2.05, 4.69) is 12.1 Å². The Bertz CT molecular complexity index is 313. The molecule has 88 valence electrons. The van der Waals surface area contributed by atoms with E-state index < -0.39 is 5.50 Å². The van der Waals surface area contributed by atoms with Gasteiger partial charge in [0.15, 0.2) is 5.50 Å². The van der Waals surface area contributed by atoms with Gasteiger partial charge < -0.3 is 4.74 Å². The van der Waals surface area contributed by atoms with Gasteiger partial charge in [0.1, 0.15) is 5.75 Å². The summed E-state index contributed by atoms with van der Waals surface area (Å²) in [6, 6.07) is 7.59. The second-order valence-electron chi connectivity index (χ2n) is 3.59. The maximum atomic E-state index is 10.1. The highest BCUT2D eigenvalue weighted by Crippen LogP contribution is 2.15. The van der Waals surface area contributed by atoms with Crippen molar-refractivity contribution >= 4 is 11.6 Å². The van der Waals surface area contributed by atoms with Crippen LogP contribution in [0, 0.1) is 4.91 Å². The number of nitroso groups, excluding NO2 is 1. The fraction of sp³-hybridized carbons (Fsp3) is 0.500. The monoisotopic (exact) mass is 241 g/mol. The molecule has 0 aliphatic carbocycles. The number of nitrogens with zero attached hydrogens (tertiary/aromatic N) is 1. The van der Waals surface area contributed by atoms with Gasteiger partial charge in [0.05, 0.1) is 6.61 Å². The minimum atomic E-state index is -0.688. The largest absolute Gasteiger partial charge is 0.494 e. The average Bonchev–Trinajstić information content (AvgIpc) is 2.31. The van der Waals surface area contributed by atoms with Crippen LogP contribution in [0.15, 0.2) is 29.4 Å². The first-order chi connectivity index (χ1) is 7.76. The van der Waals surface area contributed by atoms with E-state index in [9.17, 15) is 4.91 Å². The van der Waals surface area contributed by atoms with Crippen LogP contribution in [-0.4, -0.2) is 12.1 Å². The average molecular weight is 242 g/mol. The SMILES string of the molecule is CCCCOc1ccc(CC(Cl)N=O)cc1. The molecular formula is C12H16ClNO2. The summed E-state index contributed by atoms with van der Waals surface area (Å²) < 4.78 is 5.51. The van der Waals surface area contributed by atoms with E-state index in [1.807, 2.05) is 24.3 Å². The lowest BCUT2D eigenvalue weighted by Gasteiger charge is -2.06. The van der Waals surface area contributed by atoms with Crippen LogP contribution in [0.25, 0.3) is 0 Å². The van der Waals surface area contributed by atoms with Gasteiger partial charge in [-0.25, -0.2) is 0 Å². The maximum absolute atomic E-state index is 10.1. The first kappa shape index (κ1) is 13.0. The van der Waals surface area contributed by atoms with Crippen LogP contribution >= 0.6 is 11.6 Å². The molecule has 0 fully saturated rings. The molecule has 0 spiro atoms. The van der Waals surface area contributed by atoms with Gasteiger partial charge in [0.25, 0.3) is 0 Å². The van der Waals surface area contributed by atoms with Crippen LogP contribution in [0.2, 0.25) is 0 Å². The summed E-state index contributed by atoms with van der Waals surface area (Å²) in [6.07, 6.45) is 2.64. The predicted octanol–water partition coefficient (Wildman–Crippen LogP) is 3.74. The van der Waals surface area contributed by atoms with Crippen LogP contribution < -0.4 is 4.74 Å². The molecule has 0 heterocycles. The van der Waals surface area contributed by atoms with Crippen molar-refractivity contribution < 1.29 is 4.74 Å². The van der Waals surface area contributed by atoms with Crippen molar-refractivity contribution in [2.24, 2.45) is 5.18 Å². The number of unbranched alkanes of at least 4 members (excludes halogenated alkanes) is 1. The summed E-state index contributed by atoms with van der Waals surface area (Å²) in [5.74, 6) is 0.849. The molecular weight excluding hydrogens is 226 g/mol. The molecule has 16 heavy (non-hydrogen) atoms. The van der Waals surface area contributed by atoms with E-state index in [0.29, 0.717) is 6.42 Å². The molecule has 0 radical (unpaired) electrons. The normalized spacial score (nSPS) is 12.1. The highest BCUT2D eigenvalue weighted by molar-refractivity contribution is 6.20.